The average Bonchev–Trinajstić information content (AvgIpc) is 3.26. The number of aryl methyl sites for hydroxylation is 1. The summed E-state index contributed by atoms with van der Waals surface area (Å²) in [5.41, 5.74) is 2.62. The summed E-state index contributed by atoms with van der Waals surface area (Å²) < 4.78 is 5.08. The minimum Gasteiger partial charge on any atom is -0.384 e. The van der Waals surface area contributed by atoms with Crippen molar-refractivity contribution in [2.75, 3.05) is 20.3 Å². The van der Waals surface area contributed by atoms with E-state index >= 15 is 0 Å². The summed E-state index contributed by atoms with van der Waals surface area (Å²) in [5.74, 6) is 1.69. The van der Waals surface area contributed by atoms with Crippen LogP contribution in [0.3, 0.4) is 0 Å². The van der Waals surface area contributed by atoms with E-state index in [4.69, 9.17) is 4.74 Å². The van der Waals surface area contributed by atoms with Crippen LogP contribution < -0.4 is 5.32 Å². The molecule has 104 valence electrons. The summed E-state index contributed by atoms with van der Waals surface area (Å²) in [6.07, 6.45) is 9.10. The molecule has 1 saturated carbocycles. The van der Waals surface area contributed by atoms with Gasteiger partial charge in [-0.1, -0.05) is 0 Å². The maximum atomic E-state index is 5.08. The third-order valence-corrected chi connectivity index (χ3v) is 4.10. The summed E-state index contributed by atoms with van der Waals surface area (Å²) in [6, 6.07) is 0.814. The van der Waals surface area contributed by atoms with Gasteiger partial charge in [0.2, 0.25) is 0 Å². The van der Waals surface area contributed by atoms with Gasteiger partial charge in [-0.15, -0.1) is 0 Å². The monoisotopic (exact) mass is 261 g/mol. The lowest BCUT2D eigenvalue weighted by Crippen LogP contribution is -2.29. The molecule has 1 heterocycles. The largest absolute Gasteiger partial charge is 0.384 e. The normalized spacial score (nSPS) is 22.3. The summed E-state index contributed by atoms with van der Waals surface area (Å²) >= 11 is 0. The van der Waals surface area contributed by atoms with Crippen LogP contribution in [0.1, 0.15) is 36.3 Å². The maximum absolute atomic E-state index is 5.08. The summed E-state index contributed by atoms with van der Waals surface area (Å²) in [7, 11) is 1.72. The molecular formula is C15H23N3O. The summed E-state index contributed by atoms with van der Waals surface area (Å²) in [4.78, 5) is 9.14. The maximum Gasteiger partial charge on any atom is 0.130 e. The van der Waals surface area contributed by atoms with Crippen molar-refractivity contribution in [2.45, 2.75) is 44.6 Å². The zero-order chi connectivity index (χ0) is 13.1. The fraction of sp³-hybridized carbons (Fsp3) is 0.733. The van der Waals surface area contributed by atoms with E-state index in [1.807, 2.05) is 6.20 Å². The van der Waals surface area contributed by atoms with Gasteiger partial charge in [-0.2, -0.15) is 0 Å². The highest BCUT2D eigenvalue weighted by Crippen LogP contribution is 2.25. The van der Waals surface area contributed by atoms with Gasteiger partial charge in [0.25, 0.3) is 0 Å². The van der Waals surface area contributed by atoms with E-state index in [2.05, 4.69) is 15.3 Å². The lowest BCUT2D eigenvalue weighted by molar-refractivity contribution is 0.200. The number of ether oxygens (including phenoxy) is 1. The van der Waals surface area contributed by atoms with Crippen molar-refractivity contribution in [3.8, 4) is 0 Å². The van der Waals surface area contributed by atoms with E-state index < -0.39 is 0 Å². The van der Waals surface area contributed by atoms with Crippen LogP contribution in [0.4, 0.5) is 0 Å². The van der Waals surface area contributed by atoms with Gasteiger partial charge in [0.05, 0.1) is 6.61 Å². The Morgan fingerprint density at radius 2 is 2.26 bits per heavy atom. The van der Waals surface area contributed by atoms with Crippen LogP contribution in [0.2, 0.25) is 0 Å². The summed E-state index contributed by atoms with van der Waals surface area (Å²) in [5, 5.41) is 3.64. The highest BCUT2D eigenvalue weighted by Gasteiger charge is 2.24. The molecule has 4 nitrogen and oxygen atoms in total. The van der Waals surface area contributed by atoms with Crippen LogP contribution >= 0.6 is 0 Å². The van der Waals surface area contributed by atoms with Crippen LogP contribution in [0, 0.1) is 5.92 Å². The molecule has 1 unspecified atom stereocenters. The van der Waals surface area contributed by atoms with Crippen LogP contribution in [0.25, 0.3) is 0 Å². The molecule has 0 saturated heterocycles. The third kappa shape index (κ3) is 3.51. The Labute approximate surface area is 115 Å². The van der Waals surface area contributed by atoms with Crippen LogP contribution in [-0.4, -0.2) is 36.3 Å². The molecule has 1 fully saturated rings. The topological polar surface area (TPSA) is 47.0 Å². The second-order valence-electron chi connectivity index (χ2n) is 5.79. The van der Waals surface area contributed by atoms with Crippen molar-refractivity contribution in [1.82, 2.24) is 15.3 Å². The Hall–Kier alpha value is -1.00. The van der Waals surface area contributed by atoms with E-state index in [1.54, 1.807) is 7.11 Å². The number of hydrogen-bond acceptors (Lipinski definition) is 4. The molecule has 19 heavy (non-hydrogen) atoms. The van der Waals surface area contributed by atoms with E-state index in [9.17, 15) is 0 Å². The van der Waals surface area contributed by atoms with Gasteiger partial charge < -0.3 is 10.1 Å². The third-order valence-electron chi connectivity index (χ3n) is 4.10. The standard InChI is InChI=1S/C15H23N3O/c1-19-7-6-15-17-10-12-8-11(2-5-14(12)18-15)9-16-13-3-4-13/h10-11,13,16H,2-9H2,1H3. The second kappa shape index (κ2) is 5.97. The lowest BCUT2D eigenvalue weighted by atomic mass is 9.87. The SMILES string of the molecule is COCCc1ncc2c(n1)CCC(CNC1CC1)C2. The zero-order valence-corrected chi connectivity index (χ0v) is 11.7. The lowest BCUT2D eigenvalue weighted by Gasteiger charge is -2.24. The van der Waals surface area contributed by atoms with Crippen LogP contribution in [0.15, 0.2) is 6.20 Å². The van der Waals surface area contributed by atoms with Gasteiger partial charge in [0.15, 0.2) is 0 Å². The molecular weight excluding hydrogens is 238 g/mol. The van der Waals surface area contributed by atoms with Gasteiger partial charge in [0.1, 0.15) is 5.82 Å². The zero-order valence-electron chi connectivity index (χ0n) is 11.7. The first kappa shape index (κ1) is 13.0. The number of nitrogens with one attached hydrogen (secondary N) is 1. The van der Waals surface area contributed by atoms with Gasteiger partial charge in [-0.3, -0.25) is 0 Å². The van der Waals surface area contributed by atoms with Crippen LogP contribution in [-0.2, 0) is 24.0 Å². The van der Waals surface area contributed by atoms with Crippen molar-refractivity contribution in [3.05, 3.63) is 23.3 Å². The Bertz CT molecular complexity index is 431. The van der Waals surface area contributed by atoms with E-state index in [0.29, 0.717) is 6.61 Å². The van der Waals surface area contributed by atoms with Gasteiger partial charge >= 0.3 is 0 Å². The predicted molar refractivity (Wildman–Crippen MR) is 74.2 cm³/mol. The molecule has 0 bridgehead atoms. The minimum absolute atomic E-state index is 0.701. The van der Waals surface area contributed by atoms with Crippen molar-refractivity contribution >= 4 is 0 Å². The van der Waals surface area contributed by atoms with Gasteiger partial charge in [-0.25, -0.2) is 9.97 Å². The molecule has 2 aliphatic carbocycles. The Balaban J connectivity index is 1.57. The van der Waals surface area contributed by atoms with E-state index in [-0.39, 0.29) is 0 Å². The van der Waals surface area contributed by atoms with Crippen molar-refractivity contribution in [1.29, 1.82) is 0 Å². The van der Waals surface area contributed by atoms with Crippen molar-refractivity contribution in [2.24, 2.45) is 5.92 Å². The molecule has 0 radical (unpaired) electrons. The Morgan fingerprint density at radius 1 is 1.37 bits per heavy atom. The summed E-state index contributed by atoms with van der Waals surface area (Å²) in [6.45, 7) is 1.86. The quantitative estimate of drug-likeness (QED) is 0.843. The molecule has 0 aromatic carbocycles. The number of rotatable bonds is 6. The van der Waals surface area contributed by atoms with Crippen molar-refractivity contribution in [3.63, 3.8) is 0 Å². The molecule has 3 rings (SSSR count). The molecule has 0 amide bonds. The number of hydrogen-bond donors (Lipinski definition) is 1. The molecule has 0 aliphatic heterocycles. The fourth-order valence-corrected chi connectivity index (χ4v) is 2.73. The first-order valence-corrected chi connectivity index (χ1v) is 7.41. The number of nitrogens with zero attached hydrogens (tertiary/aromatic N) is 2. The van der Waals surface area contributed by atoms with Gasteiger partial charge in [0, 0.05) is 31.5 Å². The average molecular weight is 261 g/mol. The number of fused-ring (bicyclic) bond motifs is 1. The number of aromatic nitrogens is 2. The van der Waals surface area contributed by atoms with Crippen molar-refractivity contribution < 1.29 is 4.74 Å². The fourth-order valence-electron chi connectivity index (χ4n) is 2.73. The highest BCUT2D eigenvalue weighted by molar-refractivity contribution is 5.21. The van der Waals surface area contributed by atoms with Gasteiger partial charge in [-0.05, 0) is 50.1 Å². The minimum atomic E-state index is 0.701. The smallest absolute Gasteiger partial charge is 0.130 e. The second-order valence-corrected chi connectivity index (χ2v) is 5.79. The molecule has 1 aromatic rings. The molecule has 4 heteroatoms. The Kier molecular flexibility index (Phi) is 4.09. The molecule has 1 aromatic heterocycles. The Morgan fingerprint density at radius 3 is 3.05 bits per heavy atom. The molecule has 1 N–H and O–H groups in total. The van der Waals surface area contributed by atoms with E-state index in [0.717, 1.165) is 43.6 Å². The first-order valence-electron chi connectivity index (χ1n) is 7.41. The van der Waals surface area contributed by atoms with E-state index in [1.165, 1.54) is 30.5 Å². The molecule has 1 atom stereocenters. The molecule has 2 aliphatic rings. The highest BCUT2D eigenvalue weighted by atomic mass is 16.5. The first-order chi connectivity index (χ1) is 9.35. The number of methoxy groups -OCH3 is 1. The predicted octanol–water partition coefficient (Wildman–Crippen LogP) is 1.52. The van der Waals surface area contributed by atoms with Crippen LogP contribution in [0.5, 0.6) is 0 Å². The molecule has 0 spiro atoms.